The lowest BCUT2D eigenvalue weighted by Crippen LogP contribution is -2.32. The zero-order chi connectivity index (χ0) is 13.5. The Bertz CT molecular complexity index is 396. The van der Waals surface area contributed by atoms with Crippen molar-refractivity contribution in [3.05, 3.63) is 18.2 Å². The zero-order valence-electron chi connectivity index (χ0n) is 11.7. The molecule has 1 aromatic heterocycles. The number of carbonyl (C=O) groups is 1. The molecule has 0 radical (unpaired) electrons. The average Bonchev–Trinajstić information content (AvgIpc) is 3.01. The van der Waals surface area contributed by atoms with Gasteiger partial charge in [0.15, 0.2) is 0 Å². The summed E-state index contributed by atoms with van der Waals surface area (Å²) in [6, 6.07) is 0.397. The number of imidazole rings is 1. The number of hydrogen-bond donors (Lipinski definition) is 2. The third-order valence-corrected chi connectivity index (χ3v) is 3.67. The third kappa shape index (κ3) is 4.67. The lowest BCUT2D eigenvalue weighted by molar-refractivity contribution is -0.121. The van der Waals surface area contributed by atoms with E-state index in [9.17, 15) is 4.79 Å². The third-order valence-electron chi connectivity index (χ3n) is 3.67. The maximum Gasteiger partial charge on any atom is 0.221 e. The van der Waals surface area contributed by atoms with E-state index in [2.05, 4.69) is 20.2 Å². The molecule has 1 aromatic rings. The maximum absolute atomic E-state index is 11.7. The summed E-state index contributed by atoms with van der Waals surface area (Å²) in [5, 5.41) is 6.34. The number of rotatable bonds is 7. The predicted octanol–water partition coefficient (Wildman–Crippen LogP) is 1.23. The Kier molecular flexibility index (Phi) is 5.39. The molecule has 1 amide bonds. The van der Waals surface area contributed by atoms with Crippen molar-refractivity contribution in [2.45, 2.75) is 51.6 Å². The highest BCUT2D eigenvalue weighted by molar-refractivity contribution is 5.76. The lowest BCUT2D eigenvalue weighted by Gasteiger charge is -2.10. The van der Waals surface area contributed by atoms with E-state index in [-0.39, 0.29) is 5.91 Å². The summed E-state index contributed by atoms with van der Waals surface area (Å²) in [6.45, 7) is 4.82. The molecule has 0 aromatic carbocycles. The van der Waals surface area contributed by atoms with E-state index < -0.39 is 0 Å². The van der Waals surface area contributed by atoms with Crippen molar-refractivity contribution < 1.29 is 4.79 Å². The highest BCUT2D eigenvalue weighted by Crippen LogP contribution is 2.08. The first-order valence-electron chi connectivity index (χ1n) is 7.23. The van der Waals surface area contributed by atoms with Gasteiger partial charge in [-0.25, -0.2) is 4.98 Å². The van der Waals surface area contributed by atoms with Gasteiger partial charge in [-0.1, -0.05) is 0 Å². The molecule has 0 bridgehead atoms. The van der Waals surface area contributed by atoms with Crippen molar-refractivity contribution in [1.82, 2.24) is 20.2 Å². The fourth-order valence-electron chi connectivity index (χ4n) is 2.50. The Morgan fingerprint density at radius 3 is 3.16 bits per heavy atom. The summed E-state index contributed by atoms with van der Waals surface area (Å²) < 4.78 is 2.14. The van der Waals surface area contributed by atoms with Gasteiger partial charge in [-0.3, -0.25) is 4.79 Å². The molecule has 2 N–H and O–H groups in total. The molecular weight excluding hydrogens is 240 g/mol. The summed E-state index contributed by atoms with van der Waals surface area (Å²) in [4.78, 5) is 15.9. The highest BCUT2D eigenvalue weighted by atomic mass is 16.1. The fraction of sp³-hybridized carbons (Fsp3) is 0.714. The molecule has 1 fully saturated rings. The normalized spacial score (nSPS) is 18.7. The van der Waals surface area contributed by atoms with Crippen molar-refractivity contribution in [2.75, 3.05) is 13.1 Å². The van der Waals surface area contributed by atoms with Crippen molar-refractivity contribution in [2.24, 2.45) is 0 Å². The topological polar surface area (TPSA) is 59.0 Å². The number of nitrogens with one attached hydrogen (secondary N) is 2. The van der Waals surface area contributed by atoms with E-state index in [1.807, 2.05) is 19.3 Å². The summed E-state index contributed by atoms with van der Waals surface area (Å²) in [5.41, 5.74) is 0. The summed E-state index contributed by atoms with van der Waals surface area (Å²) >= 11 is 0. The molecule has 5 heteroatoms. The van der Waals surface area contributed by atoms with Gasteiger partial charge in [0.1, 0.15) is 5.82 Å². The molecule has 0 saturated carbocycles. The van der Waals surface area contributed by atoms with Crippen molar-refractivity contribution in [3.8, 4) is 0 Å². The minimum absolute atomic E-state index is 0.179. The van der Waals surface area contributed by atoms with Gasteiger partial charge in [-0.05, 0) is 39.2 Å². The highest BCUT2D eigenvalue weighted by Gasteiger charge is 2.16. The molecular formula is C14H24N4O. The van der Waals surface area contributed by atoms with Crippen LogP contribution in [0.4, 0.5) is 0 Å². The minimum atomic E-state index is 0.179. The molecule has 0 aliphatic carbocycles. The Morgan fingerprint density at radius 1 is 1.58 bits per heavy atom. The van der Waals surface area contributed by atoms with E-state index in [0.717, 1.165) is 44.7 Å². The molecule has 1 saturated heterocycles. The second kappa shape index (κ2) is 7.28. The first-order chi connectivity index (χ1) is 9.25. The number of nitrogens with zero attached hydrogens (tertiary/aromatic N) is 2. The van der Waals surface area contributed by atoms with Gasteiger partial charge in [-0.2, -0.15) is 0 Å². The van der Waals surface area contributed by atoms with Crippen molar-refractivity contribution >= 4 is 5.91 Å². The number of aryl methyl sites for hydroxylation is 2. The van der Waals surface area contributed by atoms with E-state index in [1.54, 1.807) is 0 Å². The van der Waals surface area contributed by atoms with Crippen LogP contribution in [-0.4, -0.2) is 34.6 Å². The Hall–Kier alpha value is -1.36. The van der Waals surface area contributed by atoms with Gasteiger partial charge in [0.25, 0.3) is 0 Å². The van der Waals surface area contributed by atoms with Gasteiger partial charge in [0.05, 0.1) is 0 Å². The van der Waals surface area contributed by atoms with Gasteiger partial charge >= 0.3 is 0 Å². The van der Waals surface area contributed by atoms with Crippen LogP contribution in [0, 0.1) is 6.92 Å². The van der Waals surface area contributed by atoms with Gasteiger partial charge in [-0.15, -0.1) is 0 Å². The molecule has 1 unspecified atom stereocenters. The summed E-state index contributed by atoms with van der Waals surface area (Å²) in [5.74, 6) is 1.23. The number of carbonyl (C=O) groups excluding carboxylic acids is 1. The molecule has 2 rings (SSSR count). The fourth-order valence-corrected chi connectivity index (χ4v) is 2.50. The number of amides is 1. The van der Waals surface area contributed by atoms with Gasteiger partial charge in [0.2, 0.25) is 5.91 Å². The Morgan fingerprint density at radius 2 is 2.47 bits per heavy atom. The van der Waals surface area contributed by atoms with Crippen LogP contribution in [0.15, 0.2) is 12.4 Å². The van der Waals surface area contributed by atoms with E-state index in [4.69, 9.17) is 0 Å². The summed E-state index contributed by atoms with van der Waals surface area (Å²) in [7, 11) is 0. The van der Waals surface area contributed by atoms with Crippen LogP contribution in [-0.2, 0) is 11.3 Å². The van der Waals surface area contributed by atoms with Crippen LogP contribution in [0.25, 0.3) is 0 Å². The first-order valence-corrected chi connectivity index (χ1v) is 7.23. The van der Waals surface area contributed by atoms with Crippen molar-refractivity contribution in [1.29, 1.82) is 0 Å². The van der Waals surface area contributed by atoms with Crippen LogP contribution in [0.2, 0.25) is 0 Å². The average molecular weight is 264 g/mol. The number of aromatic nitrogens is 2. The van der Waals surface area contributed by atoms with Crippen LogP contribution < -0.4 is 10.6 Å². The molecule has 106 valence electrons. The molecule has 2 heterocycles. The van der Waals surface area contributed by atoms with Crippen LogP contribution in [0.1, 0.15) is 37.9 Å². The molecule has 5 nitrogen and oxygen atoms in total. The minimum Gasteiger partial charge on any atom is -0.356 e. The molecule has 19 heavy (non-hydrogen) atoms. The van der Waals surface area contributed by atoms with Gasteiger partial charge in [0, 0.05) is 37.9 Å². The van der Waals surface area contributed by atoms with E-state index in [1.165, 1.54) is 6.42 Å². The van der Waals surface area contributed by atoms with Crippen molar-refractivity contribution in [3.63, 3.8) is 0 Å². The SMILES string of the molecule is Cc1nccn1CCCCNC(=O)CC1CCCN1. The monoisotopic (exact) mass is 264 g/mol. The molecule has 1 aliphatic rings. The van der Waals surface area contributed by atoms with Crippen LogP contribution in [0.5, 0.6) is 0 Å². The molecule has 0 spiro atoms. The Balaban J connectivity index is 1.51. The lowest BCUT2D eigenvalue weighted by atomic mass is 10.1. The second-order valence-electron chi connectivity index (χ2n) is 5.22. The predicted molar refractivity (Wildman–Crippen MR) is 74.8 cm³/mol. The smallest absolute Gasteiger partial charge is 0.221 e. The molecule has 1 aliphatic heterocycles. The second-order valence-corrected chi connectivity index (χ2v) is 5.22. The summed E-state index contributed by atoms with van der Waals surface area (Å²) in [6.07, 6.45) is 8.86. The van der Waals surface area contributed by atoms with E-state index in [0.29, 0.717) is 12.5 Å². The zero-order valence-corrected chi connectivity index (χ0v) is 11.7. The molecule has 1 atom stereocenters. The Labute approximate surface area is 114 Å². The van der Waals surface area contributed by atoms with Gasteiger partial charge < -0.3 is 15.2 Å². The number of unbranched alkanes of at least 4 members (excludes halogenated alkanes) is 1. The van der Waals surface area contributed by atoms with E-state index >= 15 is 0 Å². The maximum atomic E-state index is 11.7. The van der Waals surface area contributed by atoms with Crippen LogP contribution >= 0.6 is 0 Å². The standard InChI is InChI=1S/C14H24N4O/c1-12-15-8-10-18(12)9-3-2-6-17-14(19)11-13-5-4-7-16-13/h8,10,13,16H,2-7,9,11H2,1H3,(H,17,19). The van der Waals surface area contributed by atoms with Crippen LogP contribution in [0.3, 0.4) is 0 Å². The largest absolute Gasteiger partial charge is 0.356 e. The first kappa shape index (κ1) is 14.1. The quantitative estimate of drug-likeness (QED) is 0.728. The number of hydrogen-bond acceptors (Lipinski definition) is 3.